The van der Waals surface area contributed by atoms with Crippen molar-refractivity contribution in [2.24, 2.45) is 0 Å². The highest BCUT2D eigenvalue weighted by Gasteiger charge is 2.10. The van der Waals surface area contributed by atoms with Crippen molar-refractivity contribution < 1.29 is 9.53 Å². The van der Waals surface area contributed by atoms with E-state index in [9.17, 15) is 4.79 Å². The largest absolute Gasteiger partial charge is 0.482 e. The van der Waals surface area contributed by atoms with Gasteiger partial charge in [0.2, 0.25) is 0 Å². The Bertz CT molecular complexity index is 702. The van der Waals surface area contributed by atoms with Gasteiger partial charge < -0.3 is 15.0 Å². The van der Waals surface area contributed by atoms with Crippen LogP contribution in [-0.4, -0.2) is 25.6 Å². The molecule has 0 bridgehead atoms. The summed E-state index contributed by atoms with van der Waals surface area (Å²) < 4.78 is 6.55. The molecule has 5 heteroatoms. The fourth-order valence-electron chi connectivity index (χ4n) is 2.76. The molecule has 134 valence electrons. The number of carbonyl (C=O) groups is 1. The van der Waals surface area contributed by atoms with E-state index in [1.807, 2.05) is 50.2 Å². The number of nitrogens with zero attached hydrogens (tertiary/aromatic N) is 1. The first-order valence-electron chi connectivity index (χ1n) is 8.49. The minimum Gasteiger partial charge on any atom is -0.482 e. The molecule has 0 aromatic heterocycles. The number of amides is 1. The molecule has 2 aromatic rings. The number of rotatable bonds is 7. The third-order valence-corrected chi connectivity index (χ3v) is 4.59. The maximum Gasteiger partial charge on any atom is 0.262 e. The fraction of sp³-hybridized carbons (Fsp3) is 0.350. The van der Waals surface area contributed by atoms with Crippen molar-refractivity contribution in [3.63, 3.8) is 0 Å². The van der Waals surface area contributed by atoms with Crippen LogP contribution in [0.25, 0.3) is 0 Å². The Kier molecular flexibility index (Phi) is 6.88. The highest BCUT2D eigenvalue weighted by Crippen LogP contribution is 2.30. The van der Waals surface area contributed by atoms with Crippen LogP contribution in [0.5, 0.6) is 5.75 Å². The molecule has 2 aromatic carbocycles. The molecule has 4 nitrogen and oxygen atoms in total. The lowest BCUT2D eigenvalue weighted by Crippen LogP contribution is -2.22. The summed E-state index contributed by atoms with van der Waals surface area (Å²) in [6.07, 6.45) is 0. The molecule has 0 aliphatic carbocycles. The van der Waals surface area contributed by atoms with E-state index >= 15 is 0 Å². The Morgan fingerprint density at radius 3 is 2.32 bits per heavy atom. The lowest BCUT2D eigenvalue weighted by molar-refractivity contribution is -0.118. The Morgan fingerprint density at radius 2 is 1.76 bits per heavy atom. The molecule has 0 unspecified atom stereocenters. The SMILES string of the molecule is CCN(CC)c1ccc(NC(=O)COc2c(C)cc(C)cc2Br)cc1. The van der Waals surface area contributed by atoms with Gasteiger partial charge in [-0.25, -0.2) is 0 Å². The second kappa shape index (κ2) is 8.90. The van der Waals surface area contributed by atoms with Gasteiger partial charge in [0.25, 0.3) is 5.91 Å². The van der Waals surface area contributed by atoms with Gasteiger partial charge in [-0.1, -0.05) is 6.07 Å². The zero-order chi connectivity index (χ0) is 18.4. The van der Waals surface area contributed by atoms with Crippen LogP contribution in [0.4, 0.5) is 11.4 Å². The van der Waals surface area contributed by atoms with E-state index in [2.05, 4.69) is 40.0 Å². The van der Waals surface area contributed by atoms with Gasteiger partial charge in [0.05, 0.1) is 4.47 Å². The Hall–Kier alpha value is -2.01. The molecule has 0 fully saturated rings. The molecule has 25 heavy (non-hydrogen) atoms. The van der Waals surface area contributed by atoms with E-state index in [1.165, 1.54) is 0 Å². The molecule has 0 aliphatic heterocycles. The number of ether oxygens (including phenoxy) is 1. The third-order valence-electron chi connectivity index (χ3n) is 4.00. The number of nitrogens with one attached hydrogen (secondary N) is 1. The first-order chi connectivity index (χ1) is 11.9. The van der Waals surface area contributed by atoms with Crippen LogP contribution in [0, 0.1) is 13.8 Å². The normalized spacial score (nSPS) is 10.4. The fourth-order valence-corrected chi connectivity index (χ4v) is 3.55. The standard InChI is InChI=1S/C20H25BrN2O2/c1-5-23(6-2)17-9-7-16(8-10-17)22-19(24)13-25-20-15(4)11-14(3)12-18(20)21/h7-12H,5-6,13H2,1-4H3,(H,22,24). The molecule has 0 aliphatic rings. The van der Waals surface area contributed by atoms with Crippen LogP contribution < -0.4 is 15.0 Å². The average molecular weight is 405 g/mol. The molecule has 1 N–H and O–H groups in total. The molecule has 0 heterocycles. The molecule has 2 rings (SSSR count). The monoisotopic (exact) mass is 404 g/mol. The molecule has 0 radical (unpaired) electrons. The number of carbonyl (C=O) groups excluding carboxylic acids is 1. The van der Waals surface area contributed by atoms with Crippen molar-refractivity contribution in [1.29, 1.82) is 0 Å². The number of halogens is 1. The van der Waals surface area contributed by atoms with E-state index < -0.39 is 0 Å². The van der Waals surface area contributed by atoms with Crippen molar-refractivity contribution in [2.75, 3.05) is 29.9 Å². The highest BCUT2D eigenvalue weighted by molar-refractivity contribution is 9.10. The molecule has 0 saturated carbocycles. The van der Waals surface area contributed by atoms with E-state index in [0.717, 1.165) is 40.1 Å². The van der Waals surface area contributed by atoms with Crippen molar-refractivity contribution in [2.45, 2.75) is 27.7 Å². The summed E-state index contributed by atoms with van der Waals surface area (Å²) >= 11 is 3.49. The minimum absolute atomic E-state index is 0.0275. The zero-order valence-electron chi connectivity index (χ0n) is 15.2. The number of hydrogen-bond acceptors (Lipinski definition) is 3. The quantitative estimate of drug-likeness (QED) is 0.710. The van der Waals surface area contributed by atoms with Crippen LogP contribution in [0.15, 0.2) is 40.9 Å². The third kappa shape index (κ3) is 5.23. The van der Waals surface area contributed by atoms with Crippen molar-refractivity contribution in [3.8, 4) is 5.75 Å². The Balaban J connectivity index is 1.95. The Labute approximate surface area is 158 Å². The van der Waals surface area contributed by atoms with Crippen molar-refractivity contribution in [3.05, 3.63) is 52.0 Å². The van der Waals surface area contributed by atoms with Crippen LogP contribution in [0.1, 0.15) is 25.0 Å². The summed E-state index contributed by atoms with van der Waals surface area (Å²) in [5.41, 5.74) is 4.07. The molecule has 1 amide bonds. The topological polar surface area (TPSA) is 41.6 Å². The van der Waals surface area contributed by atoms with Gasteiger partial charge in [0.1, 0.15) is 5.75 Å². The first kappa shape index (κ1) is 19.3. The Morgan fingerprint density at radius 1 is 1.12 bits per heavy atom. The maximum absolute atomic E-state index is 12.1. The lowest BCUT2D eigenvalue weighted by atomic mass is 10.1. The molecular formula is C20H25BrN2O2. The van der Waals surface area contributed by atoms with Gasteiger partial charge in [-0.05, 0) is 85.1 Å². The van der Waals surface area contributed by atoms with Crippen LogP contribution in [0.3, 0.4) is 0 Å². The van der Waals surface area contributed by atoms with E-state index in [1.54, 1.807) is 0 Å². The second-order valence-electron chi connectivity index (χ2n) is 5.95. The van der Waals surface area contributed by atoms with E-state index in [4.69, 9.17) is 4.74 Å². The van der Waals surface area contributed by atoms with Crippen molar-refractivity contribution in [1.82, 2.24) is 0 Å². The van der Waals surface area contributed by atoms with E-state index in [-0.39, 0.29) is 12.5 Å². The van der Waals surface area contributed by atoms with E-state index in [0.29, 0.717) is 5.75 Å². The van der Waals surface area contributed by atoms with Gasteiger partial charge in [-0.15, -0.1) is 0 Å². The first-order valence-corrected chi connectivity index (χ1v) is 9.28. The summed E-state index contributed by atoms with van der Waals surface area (Å²) in [6, 6.07) is 11.9. The number of hydrogen-bond donors (Lipinski definition) is 1. The maximum atomic E-state index is 12.1. The minimum atomic E-state index is -0.178. The summed E-state index contributed by atoms with van der Waals surface area (Å²) in [5.74, 6) is 0.528. The summed E-state index contributed by atoms with van der Waals surface area (Å²) in [6.45, 7) is 10.1. The summed E-state index contributed by atoms with van der Waals surface area (Å²) in [5, 5.41) is 2.87. The van der Waals surface area contributed by atoms with Crippen LogP contribution in [-0.2, 0) is 4.79 Å². The average Bonchev–Trinajstić information content (AvgIpc) is 2.56. The van der Waals surface area contributed by atoms with Gasteiger partial charge in [-0.2, -0.15) is 0 Å². The highest BCUT2D eigenvalue weighted by atomic mass is 79.9. The number of aryl methyl sites for hydroxylation is 2. The van der Waals surface area contributed by atoms with Gasteiger partial charge in [-0.3, -0.25) is 4.79 Å². The molecule has 0 saturated heterocycles. The summed E-state index contributed by atoms with van der Waals surface area (Å²) in [4.78, 5) is 14.4. The predicted molar refractivity (Wildman–Crippen MR) is 108 cm³/mol. The second-order valence-corrected chi connectivity index (χ2v) is 6.80. The number of benzene rings is 2. The molecule has 0 atom stereocenters. The lowest BCUT2D eigenvalue weighted by Gasteiger charge is -2.21. The molecule has 0 spiro atoms. The van der Waals surface area contributed by atoms with Gasteiger partial charge in [0.15, 0.2) is 6.61 Å². The molecular weight excluding hydrogens is 380 g/mol. The number of anilines is 2. The summed E-state index contributed by atoms with van der Waals surface area (Å²) in [7, 11) is 0. The van der Waals surface area contributed by atoms with Crippen LogP contribution >= 0.6 is 15.9 Å². The van der Waals surface area contributed by atoms with Gasteiger partial charge in [0, 0.05) is 24.5 Å². The smallest absolute Gasteiger partial charge is 0.262 e. The van der Waals surface area contributed by atoms with Gasteiger partial charge >= 0.3 is 0 Å². The van der Waals surface area contributed by atoms with Crippen molar-refractivity contribution >= 4 is 33.2 Å². The predicted octanol–water partition coefficient (Wildman–Crippen LogP) is 4.93. The van der Waals surface area contributed by atoms with Crippen LogP contribution in [0.2, 0.25) is 0 Å². The zero-order valence-corrected chi connectivity index (χ0v) is 16.8.